The van der Waals surface area contributed by atoms with Crippen molar-refractivity contribution in [2.45, 2.75) is 5.37 Å². The average Bonchev–Trinajstić information content (AvgIpc) is 2.97. The van der Waals surface area contributed by atoms with E-state index < -0.39 is 0 Å². The lowest BCUT2D eigenvalue weighted by Gasteiger charge is -2.24. The minimum absolute atomic E-state index is 0.0834. The summed E-state index contributed by atoms with van der Waals surface area (Å²) in [6.45, 7) is 0.663. The van der Waals surface area contributed by atoms with Gasteiger partial charge in [0.25, 0.3) is 5.91 Å². The topological polar surface area (TPSA) is 20.3 Å². The van der Waals surface area contributed by atoms with Crippen molar-refractivity contribution in [2.75, 3.05) is 12.3 Å². The van der Waals surface area contributed by atoms with Crippen LogP contribution < -0.4 is 0 Å². The molecule has 1 fully saturated rings. The molecule has 3 rings (SSSR count). The molecule has 1 atom stereocenters. The first-order chi connectivity index (χ1) is 10.2. The summed E-state index contributed by atoms with van der Waals surface area (Å²) in [4.78, 5) is 14.5. The smallest absolute Gasteiger partial charge is 0.256 e. The molecule has 0 aromatic heterocycles. The van der Waals surface area contributed by atoms with Crippen LogP contribution in [-0.2, 0) is 0 Å². The standard InChI is InChI=1S/C16H13ClFNOS/c17-14-4-2-1-3-13(14)15(20)19-9-10-21-16(19)11-5-7-12(18)8-6-11/h1-8,16H,9-10H2/t16-/m0/s1. The Hall–Kier alpha value is -1.52. The highest BCUT2D eigenvalue weighted by atomic mass is 35.5. The first-order valence-corrected chi connectivity index (χ1v) is 8.02. The zero-order valence-corrected chi connectivity index (χ0v) is 12.7. The number of benzene rings is 2. The Morgan fingerprint density at radius 2 is 1.90 bits per heavy atom. The van der Waals surface area contributed by atoms with Crippen LogP contribution in [0.2, 0.25) is 5.02 Å². The third-order valence-electron chi connectivity index (χ3n) is 3.41. The zero-order chi connectivity index (χ0) is 14.8. The monoisotopic (exact) mass is 321 g/mol. The Kier molecular flexibility index (Phi) is 4.17. The van der Waals surface area contributed by atoms with Gasteiger partial charge in [0.2, 0.25) is 0 Å². The van der Waals surface area contributed by atoms with Gasteiger partial charge in [-0.1, -0.05) is 35.9 Å². The van der Waals surface area contributed by atoms with Crippen molar-refractivity contribution in [3.05, 3.63) is 70.5 Å². The molecule has 1 heterocycles. The number of thioether (sulfide) groups is 1. The SMILES string of the molecule is O=C(c1ccccc1Cl)N1CCS[C@H]1c1ccc(F)cc1. The van der Waals surface area contributed by atoms with E-state index in [1.54, 1.807) is 53.1 Å². The molecule has 2 nitrogen and oxygen atoms in total. The summed E-state index contributed by atoms with van der Waals surface area (Å²) in [5, 5.41) is 0.367. The first kappa shape index (κ1) is 14.4. The van der Waals surface area contributed by atoms with Gasteiger partial charge in [-0.3, -0.25) is 4.79 Å². The molecule has 2 aromatic carbocycles. The molecule has 0 spiro atoms. The van der Waals surface area contributed by atoms with Crippen molar-refractivity contribution in [3.63, 3.8) is 0 Å². The summed E-state index contributed by atoms with van der Waals surface area (Å²) in [7, 11) is 0. The van der Waals surface area contributed by atoms with Gasteiger partial charge in [0.1, 0.15) is 11.2 Å². The van der Waals surface area contributed by atoms with Crippen molar-refractivity contribution < 1.29 is 9.18 Å². The molecule has 0 bridgehead atoms. The number of carbonyl (C=O) groups is 1. The molecule has 2 aromatic rings. The van der Waals surface area contributed by atoms with E-state index in [0.29, 0.717) is 17.1 Å². The van der Waals surface area contributed by atoms with Crippen LogP contribution in [0.4, 0.5) is 4.39 Å². The number of rotatable bonds is 2. The highest BCUT2D eigenvalue weighted by Gasteiger charge is 2.31. The Morgan fingerprint density at radius 1 is 1.19 bits per heavy atom. The van der Waals surface area contributed by atoms with Crippen LogP contribution in [0.25, 0.3) is 0 Å². The maximum atomic E-state index is 13.0. The van der Waals surface area contributed by atoms with Crippen molar-refractivity contribution in [1.82, 2.24) is 4.90 Å². The van der Waals surface area contributed by atoms with E-state index in [2.05, 4.69) is 0 Å². The van der Waals surface area contributed by atoms with Gasteiger partial charge in [0.15, 0.2) is 0 Å². The van der Waals surface area contributed by atoms with Crippen molar-refractivity contribution >= 4 is 29.3 Å². The highest BCUT2D eigenvalue weighted by Crippen LogP contribution is 2.39. The van der Waals surface area contributed by atoms with E-state index in [0.717, 1.165) is 11.3 Å². The van der Waals surface area contributed by atoms with E-state index >= 15 is 0 Å². The summed E-state index contributed by atoms with van der Waals surface area (Å²) in [5.74, 6) is 0.503. The molecular weight excluding hydrogens is 309 g/mol. The third kappa shape index (κ3) is 2.92. The maximum Gasteiger partial charge on any atom is 0.256 e. The fraction of sp³-hybridized carbons (Fsp3) is 0.188. The van der Waals surface area contributed by atoms with E-state index in [-0.39, 0.29) is 17.1 Å². The summed E-state index contributed by atoms with van der Waals surface area (Å²) in [6, 6.07) is 13.3. The molecule has 0 N–H and O–H groups in total. The number of carbonyl (C=O) groups excluding carboxylic acids is 1. The van der Waals surface area contributed by atoms with Gasteiger partial charge in [0.05, 0.1) is 10.6 Å². The van der Waals surface area contributed by atoms with E-state index in [1.165, 1.54) is 12.1 Å². The second kappa shape index (κ2) is 6.08. The van der Waals surface area contributed by atoms with Crippen LogP contribution in [0, 0.1) is 5.82 Å². The van der Waals surface area contributed by atoms with Gasteiger partial charge in [0, 0.05) is 12.3 Å². The molecule has 1 saturated heterocycles. The Morgan fingerprint density at radius 3 is 2.62 bits per heavy atom. The zero-order valence-electron chi connectivity index (χ0n) is 11.1. The summed E-state index contributed by atoms with van der Waals surface area (Å²) in [6.07, 6.45) is 0. The van der Waals surface area contributed by atoms with E-state index in [1.807, 2.05) is 0 Å². The highest BCUT2D eigenvalue weighted by molar-refractivity contribution is 7.99. The maximum absolute atomic E-state index is 13.0. The largest absolute Gasteiger partial charge is 0.322 e. The molecule has 0 saturated carbocycles. The van der Waals surface area contributed by atoms with Crippen molar-refractivity contribution in [3.8, 4) is 0 Å². The van der Waals surface area contributed by atoms with Gasteiger partial charge < -0.3 is 4.90 Å². The van der Waals surface area contributed by atoms with Crippen LogP contribution >= 0.6 is 23.4 Å². The Bertz CT molecular complexity index is 662. The molecule has 1 aliphatic heterocycles. The quantitative estimate of drug-likeness (QED) is 0.818. The van der Waals surface area contributed by atoms with Crippen LogP contribution in [0.1, 0.15) is 21.3 Å². The van der Waals surface area contributed by atoms with Gasteiger partial charge in [-0.05, 0) is 29.8 Å². The number of hydrogen-bond donors (Lipinski definition) is 0. The molecule has 108 valence electrons. The van der Waals surface area contributed by atoms with Gasteiger partial charge in [-0.15, -0.1) is 11.8 Å². The Labute approximate surface area is 131 Å². The fourth-order valence-electron chi connectivity index (χ4n) is 2.37. The lowest BCUT2D eigenvalue weighted by molar-refractivity contribution is 0.0760. The van der Waals surface area contributed by atoms with Crippen molar-refractivity contribution in [2.24, 2.45) is 0 Å². The van der Waals surface area contributed by atoms with E-state index in [9.17, 15) is 9.18 Å². The summed E-state index contributed by atoms with van der Waals surface area (Å²) < 4.78 is 13.0. The third-order valence-corrected chi connectivity index (χ3v) is 5.00. The molecule has 21 heavy (non-hydrogen) atoms. The predicted molar refractivity (Wildman–Crippen MR) is 84.1 cm³/mol. The lowest BCUT2D eigenvalue weighted by Crippen LogP contribution is -2.30. The minimum atomic E-state index is -0.272. The van der Waals surface area contributed by atoms with E-state index in [4.69, 9.17) is 11.6 Å². The minimum Gasteiger partial charge on any atom is -0.322 e. The molecule has 5 heteroatoms. The number of halogens is 2. The van der Waals surface area contributed by atoms with Crippen LogP contribution in [0.5, 0.6) is 0 Å². The van der Waals surface area contributed by atoms with Crippen LogP contribution in [0.15, 0.2) is 48.5 Å². The number of hydrogen-bond acceptors (Lipinski definition) is 2. The van der Waals surface area contributed by atoms with Crippen molar-refractivity contribution in [1.29, 1.82) is 0 Å². The average molecular weight is 322 g/mol. The summed E-state index contributed by atoms with van der Waals surface area (Å²) in [5.41, 5.74) is 1.44. The normalized spacial score (nSPS) is 18.0. The first-order valence-electron chi connectivity index (χ1n) is 6.59. The van der Waals surface area contributed by atoms with Gasteiger partial charge in [-0.2, -0.15) is 0 Å². The molecule has 0 radical (unpaired) electrons. The second-order valence-electron chi connectivity index (χ2n) is 4.75. The Balaban J connectivity index is 1.89. The fourth-order valence-corrected chi connectivity index (χ4v) is 3.84. The molecular formula is C16H13ClFNOS. The number of amides is 1. The van der Waals surface area contributed by atoms with Gasteiger partial charge >= 0.3 is 0 Å². The molecule has 1 amide bonds. The van der Waals surface area contributed by atoms with Crippen LogP contribution in [-0.4, -0.2) is 23.1 Å². The second-order valence-corrected chi connectivity index (χ2v) is 6.35. The molecule has 0 aliphatic carbocycles. The summed E-state index contributed by atoms with van der Waals surface area (Å²) >= 11 is 7.79. The lowest BCUT2D eigenvalue weighted by atomic mass is 10.1. The molecule has 1 aliphatic rings. The van der Waals surface area contributed by atoms with Crippen LogP contribution in [0.3, 0.4) is 0 Å². The predicted octanol–water partition coefficient (Wildman–Crippen LogP) is 4.37. The van der Waals surface area contributed by atoms with Gasteiger partial charge in [-0.25, -0.2) is 4.39 Å². The molecule has 0 unspecified atom stereocenters. The number of nitrogens with zero attached hydrogens (tertiary/aromatic N) is 1.